The number of carbonyl (C=O) groups excluding carboxylic acids is 1. The molecule has 152 valence electrons. The van der Waals surface area contributed by atoms with Crippen LogP contribution in [0.5, 0.6) is 0 Å². The smallest absolute Gasteiger partial charge is 0.261 e. The molecule has 1 aromatic carbocycles. The van der Waals surface area contributed by atoms with Gasteiger partial charge in [0, 0.05) is 30.5 Å². The molecule has 0 atom stereocenters. The second kappa shape index (κ2) is 9.37. The summed E-state index contributed by atoms with van der Waals surface area (Å²) in [7, 11) is 0. The highest BCUT2D eigenvalue weighted by Gasteiger charge is 2.27. The van der Waals surface area contributed by atoms with Crippen molar-refractivity contribution in [1.29, 1.82) is 5.26 Å². The van der Waals surface area contributed by atoms with Crippen molar-refractivity contribution in [2.24, 2.45) is 0 Å². The molecule has 7 nitrogen and oxygen atoms in total. The van der Waals surface area contributed by atoms with Gasteiger partial charge in [-0.2, -0.15) is 10.2 Å². The van der Waals surface area contributed by atoms with Crippen LogP contribution < -0.4 is 16.0 Å². The van der Waals surface area contributed by atoms with Crippen molar-refractivity contribution < 1.29 is 4.79 Å². The molecule has 1 fully saturated rings. The van der Waals surface area contributed by atoms with Crippen LogP contribution in [-0.4, -0.2) is 29.0 Å². The predicted molar refractivity (Wildman–Crippen MR) is 118 cm³/mol. The summed E-state index contributed by atoms with van der Waals surface area (Å²) in [6.07, 6.45) is 4.98. The van der Waals surface area contributed by atoms with Crippen molar-refractivity contribution in [1.82, 2.24) is 15.3 Å². The number of amides is 1. The third-order valence-corrected chi connectivity index (χ3v) is 5.63. The monoisotopic (exact) mass is 418 g/mol. The number of benzene rings is 1. The number of nitriles is 1. The maximum Gasteiger partial charge on any atom is 0.261 e. The summed E-state index contributed by atoms with van der Waals surface area (Å²) in [5.74, 6) is 1.80. The van der Waals surface area contributed by atoms with Gasteiger partial charge >= 0.3 is 0 Å². The van der Waals surface area contributed by atoms with Gasteiger partial charge in [-0.1, -0.05) is 12.1 Å². The zero-order valence-corrected chi connectivity index (χ0v) is 17.2. The molecule has 1 amide bonds. The lowest BCUT2D eigenvalue weighted by molar-refractivity contribution is 0.0957. The summed E-state index contributed by atoms with van der Waals surface area (Å²) in [4.78, 5) is 21.8. The van der Waals surface area contributed by atoms with Crippen LogP contribution in [0.15, 0.2) is 48.0 Å². The van der Waals surface area contributed by atoms with Crippen LogP contribution >= 0.6 is 11.3 Å². The number of carbonyl (C=O) groups is 1. The first-order chi connectivity index (χ1) is 14.7. The zero-order chi connectivity index (χ0) is 20.8. The average molecular weight is 419 g/mol. The molecule has 0 saturated heterocycles. The Bertz CT molecular complexity index is 1060. The van der Waals surface area contributed by atoms with Gasteiger partial charge in [0.25, 0.3) is 5.91 Å². The molecule has 3 N–H and O–H groups in total. The number of hydrogen-bond donors (Lipinski definition) is 3. The van der Waals surface area contributed by atoms with E-state index in [2.05, 4.69) is 32.0 Å². The number of nitrogens with zero attached hydrogens (tertiary/aromatic N) is 3. The molecule has 2 aromatic heterocycles. The lowest BCUT2D eigenvalue weighted by atomic mass is 10.2. The summed E-state index contributed by atoms with van der Waals surface area (Å²) in [5.41, 5.74) is 2.49. The first kappa shape index (κ1) is 19.9. The summed E-state index contributed by atoms with van der Waals surface area (Å²) in [6, 6.07) is 13.0. The van der Waals surface area contributed by atoms with Crippen LogP contribution in [0.1, 0.15) is 46.0 Å². The van der Waals surface area contributed by atoms with Crippen molar-refractivity contribution in [2.45, 2.75) is 25.2 Å². The summed E-state index contributed by atoms with van der Waals surface area (Å²) >= 11 is 1.44. The van der Waals surface area contributed by atoms with Crippen molar-refractivity contribution in [3.05, 3.63) is 64.0 Å². The number of hydrogen-bond acceptors (Lipinski definition) is 7. The topological polar surface area (TPSA) is 103 Å². The van der Waals surface area contributed by atoms with E-state index in [0.29, 0.717) is 30.5 Å². The van der Waals surface area contributed by atoms with E-state index >= 15 is 0 Å². The second-order valence-electron chi connectivity index (χ2n) is 7.10. The highest BCUT2D eigenvalue weighted by molar-refractivity contribution is 7.12. The largest absolute Gasteiger partial charge is 0.370 e. The average Bonchev–Trinajstić information content (AvgIpc) is 3.46. The Morgan fingerprint density at radius 3 is 2.90 bits per heavy atom. The number of nitrogens with one attached hydrogen (secondary N) is 3. The van der Waals surface area contributed by atoms with E-state index in [4.69, 9.17) is 5.26 Å². The summed E-state index contributed by atoms with van der Waals surface area (Å²) in [5, 5.41) is 20.5. The zero-order valence-electron chi connectivity index (χ0n) is 16.4. The first-order valence-corrected chi connectivity index (χ1v) is 10.8. The molecule has 30 heavy (non-hydrogen) atoms. The van der Waals surface area contributed by atoms with E-state index in [1.54, 1.807) is 12.1 Å². The molecule has 3 aromatic rings. The normalized spacial score (nSPS) is 12.8. The SMILES string of the molecule is N#Cc1cccc(Nc2ncc(C3CC3)c(NCCCNC(=O)c3cccs3)n2)c1. The molecule has 0 radical (unpaired) electrons. The van der Waals surface area contributed by atoms with Crippen LogP contribution in [0.2, 0.25) is 0 Å². The van der Waals surface area contributed by atoms with E-state index in [-0.39, 0.29) is 5.91 Å². The Labute approximate surface area is 179 Å². The predicted octanol–water partition coefficient (Wildman–Crippen LogP) is 4.26. The Morgan fingerprint density at radius 1 is 1.23 bits per heavy atom. The fourth-order valence-electron chi connectivity index (χ4n) is 3.07. The van der Waals surface area contributed by atoms with Gasteiger partial charge in [0.15, 0.2) is 0 Å². The minimum atomic E-state index is -0.0307. The third-order valence-electron chi connectivity index (χ3n) is 4.76. The summed E-state index contributed by atoms with van der Waals surface area (Å²) < 4.78 is 0. The summed E-state index contributed by atoms with van der Waals surface area (Å²) in [6.45, 7) is 1.30. The highest BCUT2D eigenvalue weighted by atomic mass is 32.1. The van der Waals surface area contributed by atoms with Gasteiger partial charge in [-0.05, 0) is 54.8 Å². The number of rotatable bonds is 9. The molecule has 8 heteroatoms. The Balaban J connectivity index is 1.34. The van der Waals surface area contributed by atoms with Crippen LogP contribution in [0.25, 0.3) is 0 Å². The Kier molecular flexibility index (Phi) is 6.20. The van der Waals surface area contributed by atoms with E-state index < -0.39 is 0 Å². The van der Waals surface area contributed by atoms with Crippen molar-refractivity contribution >= 4 is 34.7 Å². The molecular formula is C22H22N6OS. The molecule has 1 saturated carbocycles. The molecule has 1 aliphatic carbocycles. The first-order valence-electron chi connectivity index (χ1n) is 9.92. The lowest BCUT2D eigenvalue weighted by Crippen LogP contribution is -2.25. The van der Waals surface area contributed by atoms with Crippen molar-refractivity contribution in [2.75, 3.05) is 23.7 Å². The number of thiophene rings is 1. The lowest BCUT2D eigenvalue weighted by Gasteiger charge is -2.13. The molecule has 0 spiro atoms. The molecule has 0 bridgehead atoms. The molecule has 0 aliphatic heterocycles. The van der Waals surface area contributed by atoms with Crippen molar-refractivity contribution in [3.63, 3.8) is 0 Å². The van der Waals surface area contributed by atoms with Crippen molar-refractivity contribution in [3.8, 4) is 6.07 Å². The maximum absolute atomic E-state index is 12.0. The number of anilines is 3. The maximum atomic E-state index is 12.0. The standard InChI is InChI=1S/C22H22N6OS/c23-13-15-4-1-5-17(12-15)27-22-26-14-18(16-7-8-16)20(28-22)24-9-3-10-25-21(29)19-6-2-11-30-19/h1-2,4-6,11-12,14,16H,3,7-10H2,(H,25,29)(H2,24,26,27,28). The van der Waals surface area contributed by atoms with E-state index in [9.17, 15) is 4.79 Å². The molecule has 0 unspecified atom stereocenters. The van der Waals surface area contributed by atoms with Gasteiger partial charge in [-0.25, -0.2) is 4.98 Å². The van der Waals surface area contributed by atoms with Crippen LogP contribution in [0.4, 0.5) is 17.5 Å². The Morgan fingerprint density at radius 2 is 2.13 bits per heavy atom. The van der Waals surface area contributed by atoms with E-state index in [1.165, 1.54) is 11.3 Å². The van der Waals surface area contributed by atoms with Crippen LogP contribution in [0.3, 0.4) is 0 Å². The minimum Gasteiger partial charge on any atom is -0.370 e. The third kappa shape index (κ3) is 5.13. The second-order valence-corrected chi connectivity index (χ2v) is 8.05. The van der Waals surface area contributed by atoms with Gasteiger partial charge in [0.05, 0.1) is 16.5 Å². The van der Waals surface area contributed by atoms with Gasteiger partial charge in [0.2, 0.25) is 5.95 Å². The van der Waals surface area contributed by atoms with Gasteiger partial charge in [0.1, 0.15) is 5.82 Å². The van der Waals surface area contributed by atoms with Crippen LogP contribution in [-0.2, 0) is 0 Å². The van der Waals surface area contributed by atoms with E-state index in [1.807, 2.05) is 35.8 Å². The van der Waals surface area contributed by atoms with Gasteiger partial charge in [-0.15, -0.1) is 11.3 Å². The quantitative estimate of drug-likeness (QED) is 0.449. The molecular weight excluding hydrogens is 396 g/mol. The highest BCUT2D eigenvalue weighted by Crippen LogP contribution is 2.42. The van der Waals surface area contributed by atoms with Gasteiger partial charge < -0.3 is 16.0 Å². The Hall–Kier alpha value is -3.44. The fraction of sp³-hybridized carbons (Fsp3) is 0.273. The van der Waals surface area contributed by atoms with Gasteiger partial charge in [-0.3, -0.25) is 4.79 Å². The minimum absolute atomic E-state index is 0.0307. The van der Waals surface area contributed by atoms with Crippen LogP contribution in [0, 0.1) is 11.3 Å². The molecule has 1 aliphatic rings. The number of aromatic nitrogens is 2. The fourth-order valence-corrected chi connectivity index (χ4v) is 3.71. The van der Waals surface area contributed by atoms with E-state index in [0.717, 1.165) is 41.2 Å². The molecule has 4 rings (SSSR count). The molecule has 2 heterocycles.